The lowest BCUT2D eigenvalue weighted by Crippen LogP contribution is -1.89. The Morgan fingerprint density at radius 1 is 1.06 bits per heavy atom. The molecule has 1 aromatic carbocycles. The molecule has 3 rings (SSSR count). The number of nitrogens with two attached hydrogens (primary N) is 1. The molecule has 0 aliphatic carbocycles. The van der Waals surface area contributed by atoms with Gasteiger partial charge in [-0.05, 0) is 11.6 Å². The number of aromatic nitrogens is 2. The van der Waals surface area contributed by atoms with E-state index < -0.39 is 0 Å². The molecule has 0 bridgehead atoms. The van der Waals surface area contributed by atoms with Crippen LogP contribution >= 0.6 is 11.3 Å². The highest BCUT2D eigenvalue weighted by Gasteiger charge is 2.07. The van der Waals surface area contributed by atoms with Crippen molar-refractivity contribution in [1.82, 2.24) is 9.97 Å². The maximum Gasteiger partial charge on any atom is 0.144 e. The fourth-order valence-electron chi connectivity index (χ4n) is 1.62. The molecule has 4 heteroatoms. The van der Waals surface area contributed by atoms with E-state index in [0.717, 1.165) is 10.2 Å². The zero-order chi connectivity index (χ0) is 11.0. The Morgan fingerprint density at radius 2 is 1.88 bits per heavy atom. The second-order valence-corrected chi connectivity index (χ2v) is 4.50. The van der Waals surface area contributed by atoms with Crippen LogP contribution in [0.15, 0.2) is 42.7 Å². The number of fused-ring (bicyclic) bond motifs is 1. The van der Waals surface area contributed by atoms with Crippen LogP contribution in [0.1, 0.15) is 0 Å². The lowest BCUT2D eigenvalue weighted by atomic mass is 10.2. The molecule has 0 radical (unpaired) electrons. The molecule has 0 atom stereocenters. The molecule has 3 nitrogen and oxygen atoms in total. The topological polar surface area (TPSA) is 51.8 Å². The van der Waals surface area contributed by atoms with Crippen LogP contribution in [0.4, 0.5) is 5.82 Å². The molecule has 78 valence electrons. The average Bonchev–Trinajstić information content (AvgIpc) is 2.76. The van der Waals surface area contributed by atoms with Crippen LogP contribution < -0.4 is 5.73 Å². The zero-order valence-electron chi connectivity index (χ0n) is 8.42. The minimum absolute atomic E-state index is 0.553. The van der Waals surface area contributed by atoms with E-state index >= 15 is 0 Å². The lowest BCUT2D eigenvalue weighted by molar-refractivity contribution is 1.24. The monoisotopic (exact) mass is 227 g/mol. The summed E-state index contributed by atoms with van der Waals surface area (Å²) in [7, 11) is 0. The highest BCUT2D eigenvalue weighted by molar-refractivity contribution is 7.22. The van der Waals surface area contributed by atoms with Gasteiger partial charge in [0.2, 0.25) is 0 Å². The number of anilines is 1. The first kappa shape index (κ1) is 9.30. The number of hydrogen-bond acceptors (Lipinski definition) is 4. The van der Waals surface area contributed by atoms with Crippen LogP contribution in [0.25, 0.3) is 20.7 Å². The number of hydrogen-bond donors (Lipinski definition) is 1. The van der Waals surface area contributed by atoms with Crippen molar-refractivity contribution in [2.45, 2.75) is 0 Å². The summed E-state index contributed by atoms with van der Waals surface area (Å²) in [6.45, 7) is 0. The Bertz CT molecular complexity index is 631. The van der Waals surface area contributed by atoms with Gasteiger partial charge >= 0.3 is 0 Å². The van der Waals surface area contributed by atoms with Crippen molar-refractivity contribution < 1.29 is 0 Å². The van der Waals surface area contributed by atoms with Gasteiger partial charge in [-0.25, -0.2) is 9.97 Å². The van der Waals surface area contributed by atoms with E-state index in [-0.39, 0.29) is 0 Å². The summed E-state index contributed by atoms with van der Waals surface area (Å²) in [4.78, 5) is 9.37. The molecule has 3 aromatic rings. The molecule has 0 spiro atoms. The fourth-order valence-corrected chi connectivity index (χ4v) is 2.64. The molecule has 0 aliphatic rings. The van der Waals surface area contributed by atoms with E-state index in [1.165, 1.54) is 16.8 Å². The van der Waals surface area contributed by atoms with E-state index in [1.54, 1.807) is 11.3 Å². The van der Waals surface area contributed by atoms with Gasteiger partial charge in [0.1, 0.15) is 12.1 Å². The summed E-state index contributed by atoms with van der Waals surface area (Å²) < 4.78 is 0.960. The third-order valence-corrected chi connectivity index (χ3v) is 3.59. The first-order valence-electron chi connectivity index (χ1n) is 4.90. The second kappa shape index (κ2) is 3.57. The molecule has 0 fully saturated rings. The van der Waals surface area contributed by atoms with Crippen molar-refractivity contribution in [2.24, 2.45) is 0 Å². The summed E-state index contributed by atoms with van der Waals surface area (Å²) in [5.41, 5.74) is 7.91. The van der Waals surface area contributed by atoms with Crippen molar-refractivity contribution in [3.8, 4) is 10.4 Å². The van der Waals surface area contributed by atoms with E-state index in [1.807, 2.05) is 24.3 Å². The van der Waals surface area contributed by atoms with Crippen molar-refractivity contribution in [2.75, 3.05) is 5.73 Å². The van der Waals surface area contributed by atoms with Crippen LogP contribution in [0.5, 0.6) is 0 Å². The molecule has 0 amide bonds. The SMILES string of the molecule is Nc1ncnc2cc(-c3ccccc3)sc12. The van der Waals surface area contributed by atoms with Crippen LogP contribution in [0, 0.1) is 0 Å². The number of rotatable bonds is 1. The largest absolute Gasteiger partial charge is 0.382 e. The van der Waals surface area contributed by atoms with Crippen LogP contribution in [0.3, 0.4) is 0 Å². The zero-order valence-corrected chi connectivity index (χ0v) is 9.24. The van der Waals surface area contributed by atoms with Gasteiger partial charge in [-0.3, -0.25) is 0 Å². The quantitative estimate of drug-likeness (QED) is 0.695. The summed E-state index contributed by atoms with van der Waals surface area (Å²) in [6, 6.07) is 12.3. The molecular weight excluding hydrogens is 218 g/mol. The van der Waals surface area contributed by atoms with E-state index in [9.17, 15) is 0 Å². The standard InChI is InChI=1S/C12H9N3S/c13-12-11-9(14-7-15-12)6-10(16-11)8-4-2-1-3-5-8/h1-7H,(H2,13,14,15). The Balaban J connectivity index is 2.23. The number of thiophene rings is 1. The average molecular weight is 227 g/mol. The Morgan fingerprint density at radius 3 is 2.62 bits per heavy atom. The predicted molar refractivity (Wildman–Crippen MR) is 67.3 cm³/mol. The second-order valence-electron chi connectivity index (χ2n) is 3.45. The number of benzene rings is 1. The molecule has 2 aromatic heterocycles. The number of nitrogens with zero attached hydrogens (tertiary/aromatic N) is 2. The van der Waals surface area contributed by atoms with Gasteiger partial charge < -0.3 is 5.73 Å². The maximum atomic E-state index is 5.81. The minimum atomic E-state index is 0.553. The summed E-state index contributed by atoms with van der Waals surface area (Å²) in [6.07, 6.45) is 1.50. The molecular formula is C12H9N3S. The lowest BCUT2D eigenvalue weighted by Gasteiger charge is -1.93. The van der Waals surface area contributed by atoms with Gasteiger partial charge in [-0.2, -0.15) is 0 Å². The van der Waals surface area contributed by atoms with Crippen molar-refractivity contribution in [3.05, 3.63) is 42.7 Å². The summed E-state index contributed by atoms with van der Waals surface area (Å²) >= 11 is 1.63. The highest BCUT2D eigenvalue weighted by atomic mass is 32.1. The smallest absolute Gasteiger partial charge is 0.144 e. The molecule has 0 unspecified atom stereocenters. The van der Waals surface area contributed by atoms with Crippen LogP contribution in [-0.2, 0) is 0 Å². The Hall–Kier alpha value is -1.94. The van der Waals surface area contributed by atoms with Crippen molar-refractivity contribution in [1.29, 1.82) is 0 Å². The molecule has 0 saturated heterocycles. The molecule has 16 heavy (non-hydrogen) atoms. The van der Waals surface area contributed by atoms with Crippen LogP contribution in [0.2, 0.25) is 0 Å². The third-order valence-electron chi connectivity index (χ3n) is 2.40. The predicted octanol–water partition coefficient (Wildman–Crippen LogP) is 2.94. The van der Waals surface area contributed by atoms with Gasteiger partial charge in [0.15, 0.2) is 0 Å². The van der Waals surface area contributed by atoms with Crippen molar-refractivity contribution in [3.63, 3.8) is 0 Å². The van der Waals surface area contributed by atoms with E-state index in [4.69, 9.17) is 5.73 Å². The molecule has 0 saturated carbocycles. The van der Waals surface area contributed by atoms with Gasteiger partial charge in [-0.15, -0.1) is 11.3 Å². The first-order valence-corrected chi connectivity index (χ1v) is 5.72. The van der Waals surface area contributed by atoms with Gasteiger partial charge in [0.05, 0.1) is 10.2 Å². The third kappa shape index (κ3) is 1.44. The summed E-state index contributed by atoms with van der Waals surface area (Å²) in [5.74, 6) is 0.553. The van der Waals surface area contributed by atoms with E-state index in [2.05, 4.69) is 22.1 Å². The van der Waals surface area contributed by atoms with Gasteiger partial charge in [-0.1, -0.05) is 30.3 Å². The maximum absolute atomic E-state index is 5.81. The minimum Gasteiger partial charge on any atom is -0.382 e. The fraction of sp³-hybridized carbons (Fsp3) is 0. The van der Waals surface area contributed by atoms with Gasteiger partial charge in [0.25, 0.3) is 0 Å². The summed E-state index contributed by atoms with van der Waals surface area (Å²) in [5, 5.41) is 0. The molecule has 2 N–H and O–H groups in total. The Labute approximate surface area is 96.6 Å². The molecule has 2 heterocycles. The van der Waals surface area contributed by atoms with Gasteiger partial charge in [0, 0.05) is 4.88 Å². The van der Waals surface area contributed by atoms with E-state index in [0.29, 0.717) is 5.82 Å². The van der Waals surface area contributed by atoms with Crippen LogP contribution in [-0.4, -0.2) is 9.97 Å². The first-order chi connectivity index (χ1) is 7.84. The Kier molecular flexibility index (Phi) is 2.08. The molecule has 0 aliphatic heterocycles. The van der Waals surface area contributed by atoms with Crippen molar-refractivity contribution >= 4 is 27.4 Å². The normalized spacial score (nSPS) is 10.8. The highest BCUT2D eigenvalue weighted by Crippen LogP contribution is 2.34. The number of nitrogen functional groups attached to an aromatic ring is 1.